The van der Waals surface area contributed by atoms with Crippen LogP contribution >= 0.6 is 0 Å². The Morgan fingerprint density at radius 2 is 0.742 bits per heavy atom. The van der Waals surface area contributed by atoms with Crippen LogP contribution in [0.15, 0.2) is 134 Å². The molecule has 6 heteroatoms. The van der Waals surface area contributed by atoms with Gasteiger partial charge in [-0.1, -0.05) is 199 Å². The maximum Gasteiger partial charge on any atom is 0.306 e. The van der Waals surface area contributed by atoms with E-state index < -0.39 is 6.10 Å². The molecule has 1 unspecified atom stereocenters. The molecule has 346 valence electrons. The van der Waals surface area contributed by atoms with E-state index in [9.17, 15) is 14.4 Å². The number of carbonyl (C=O) groups is 3. The molecule has 0 heterocycles. The zero-order valence-electron chi connectivity index (χ0n) is 39.3. The van der Waals surface area contributed by atoms with Gasteiger partial charge >= 0.3 is 17.9 Å². The second-order valence-corrected chi connectivity index (χ2v) is 15.4. The number of hydrogen-bond donors (Lipinski definition) is 0. The van der Waals surface area contributed by atoms with Gasteiger partial charge in [0.1, 0.15) is 13.2 Å². The summed E-state index contributed by atoms with van der Waals surface area (Å²) in [5.41, 5.74) is 0. The lowest BCUT2D eigenvalue weighted by Crippen LogP contribution is -2.30. The van der Waals surface area contributed by atoms with Crippen molar-refractivity contribution in [2.45, 2.75) is 187 Å². The summed E-state index contributed by atoms with van der Waals surface area (Å²) < 4.78 is 16.6. The van der Waals surface area contributed by atoms with Crippen LogP contribution in [0.1, 0.15) is 181 Å². The summed E-state index contributed by atoms with van der Waals surface area (Å²) in [4.78, 5) is 37.9. The van der Waals surface area contributed by atoms with Crippen molar-refractivity contribution in [1.82, 2.24) is 0 Å². The molecule has 0 aromatic heterocycles. The highest BCUT2D eigenvalue weighted by Crippen LogP contribution is 2.12. The van der Waals surface area contributed by atoms with Crippen LogP contribution in [0.4, 0.5) is 0 Å². The van der Waals surface area contributed by atoms with Crippen molar-refractivity contribution in [2.75, 3.05) is 13.2 Å². The van der Waals surface area contributed by atoms with Crippen molar-refractivity contribution in [3.05, 3.63) is 134 Å². The quantitative estimate of drug-likeness (QED) is 0.0200. The summed E-state index contributed by atoms with van der Waals surface area (Å²) in [6, 6.07) is 0. The number of ether oxygens (including phenoxy) is 3. The van der Waals surface area contributed by atoms with Gasteiger partial charge in [0, 0.05) is 19.3 Å². The molecule has 0 aliphatic rings. The fourth-order valence-corrected chi connectivity index (χ4v) is 5.90. The van der Waals surface area contributed by atoms with Crippen molar-refractivity contribution < 1.29 is 28.6 Å². The fourth-order valence-electron chi connectivity index (χ4n) is 5.90. The van der Waals surface area contributed by atoms with Crippen LogP contribution < -0.4 is 0 Å². The summed E-state index contributed by atoms with van der Waals surface area (Å²) >= 11 is 0. The maximum absolute atomic E-state index is 12.8. The molecule has 0 aliphatic heterocycles. The van der Waals surface area contributed by atoms with E-state index in [0.29, 0.717) is 12.8 Å². The number of unbranched alkanes of at least 4 members (excludes halogenated alkanes) is 12. The summed E-state index contributed by atoms with van der Waals surface area (Å²) in [6.45, 7) is 6.21. The highest BCUT2D eigenvalue weighted by molar-refractivity contribution is 5.71. The molecule has 0 aliphatic carbocycles. The van der Waals surface area contributed by atoms with Crippen molar-refractivity contribution in [1.29, 1.82) is 0 Å². The average Bonchev–Trinajstić information content (AvgIpc) is 3.27. The summed E-state index contributed by atoms with van der Waals surface area (Å²) in [5, 5.41) is 0. The lowest BCUT2D eigenvalue weighted by atomic mass is 10.1. The predicted octanol–water partition coefficient (Wildman–Crippen LogP) is 15.9. The Bertz CT molecular complexity index is 1400. The Morgan fingerprint density at radius 1 is 0.355 bits per heavy atom. The fraction of sp³-hybridized carbons (Fsp3) is 0.554. The molecule has 0 aromatic rings. The summed E-state index contributed by atoms with van der Waals surface area (Å²) in [7, 11) is 0. The first-order valence-electron chi connectivity index (χ1n) is 24.3. The van der Waals surface area contributed by atoms with Crippen LogP contribution in [-0.4, -0.2) is 37.2 Å². The molecule has 62 heavy (non-hydrogen) atoms. The zero-order chi connectivity index (χ0) is 45.1. The molecule has 0 bridgehead atoms. The van der Waals surface area contributed by atoms with Gasteiger partial charge in [-0.3, -0.25) is 14.4 Å². The van der Waals surface area contributed by atoms with Crippen LogP contribution in [0, 0.1) is 0 Å². The van der Waals surface area contributed by atoms with E-state index in [0.717, 1.165) is 103 Å². The third kappa shape index (κ3) is 46.6. The first-order valence-corrected chi connectivity index (χ1v) is 24.3. The second-order valence-electron chi connectivity index (χ2n) is 15.4. The van der Waals surface area contributed by atoms with E-state index in [2.05, 4.69) is 106 Å². The molecule has 0 aromatic carbocycles. The van der Waals surface area contributed by atoms with Crippen molar-refractivity contribution in [3.8, 4) is 0 Å². The van der Waals surface area contributed by atoms with Gasteiger partial charge in [0.15, 0.2) is 6.10 Å². The minimum absolute atomic E-state index is 0.131. The van der Waals surface area contributed by atoms with E-state index in [1.165, 1.54) is 32.1 Å². The molecule has 1 atom stereocenters. The zero-order valence-corrected chi connectivity index (χ0v) is 39.3. The van der Waals surface area contributed by atoms with E-state index in [4.69, 9.17) is 14.2 Å². The van der Waals surface area contributed by atoms with Crippen molar-refractivity contribution in [3.63, 3.8) is 0 Å². The minimum Gasteiger partial charge on any atom is -0.462 e. The third-order valence-corrected chi connectivity index (χ3v) is 9.51. The molecule has 0 amide bonds. The Kier molecular flexibility index (Phi) is 45.7. The van der Waals surface area contributed by atoms with Gasteiger partial charge in [-0.15, -0.1) is 0 Å². The number of allylic oxidation sites excluding steroid dienone is 22. The molecule has 0 saturated heterocycles. The molecule has 0 rings (SSSR count). The minimum atomic E-state index is -0.834. The Balaban J connectivity index is 4.61. The van der Waals surface area contributed by atoms with Gasteiger partial charge in [0.25, 0.3) is 0 Å². The molecular formula is C56H86O6. The molecule has 6 nitrogen and oxygen atoms in total. The van der Waals surface area contributed by atoms with Gasteiger partial charge in [0.05, 0.1) is 0 Å². The molecule has 0 radical (unpaired) electrons. The van der Waals surface area contributed by atoms with Gasteiger partial charge in [-0.05, 0) is 96.3 Å². The first kappa shape index (κ1) is 57.5. The molecule has 0 spiro atoms. The number of carbonyl (C=O) groups excluding carboxylic acids is 3. The summed E-state index contributed by atoms with van der Waals surface area (Å²) in [5.74, 6) is -1.08. The smallest absolute Gasteiger partial charge is 0.306 e. The lowest BCUT2D eigenvalue weighted by molar-refractivity contribution is -0.166. The Labute approximate surface area is 379 Å². The largest absolute Gasteiger partial charge is 0.462 e. The topological polar surface area (TPSA) is 78.9 Å². The first-order chi connectivity index (χ1) is 30.5. The Morgan fingerprint density at radius 3 is 1.27 bits per heavy atom. The normalized spacial score (nSPS) is 13.3. The second kappa shape index (κ2) is 49.2. The van der Waals surface area contributed by atoms with Crippen LogP contribution in [0.2, 0.25) is 0 Å². The van der Waals surface area contributed by atoms with Gasteiger partial charge < -0.3 is 14.2 Å². The predicted molar refractivity (Wildman–Crippen MR) is 265 cm³/mol. The number of hydrogen-bond acceptors (Lipinski definition) is 6. The lowest BCUT2D eigenvalue weighted by Gasteiger charge is -2.18. The average molecular weight is 855 g/mol. The van der Waals surface area contributed by atoms with Crippen molar-refractivity contribution in [2.24, 2.45) is 0 Å². The Hall–Kier alpha value is -4.45. The molecule has 0 fully saturated rings. The highest BCUT2D eigenvalue weighted by atomic mass is 16.6. The standard InChI is InChI=1S/C56H86O6/c1-4-7-10-13-16-19-22-25-27-29-31-34-37-40-43-46-49-55(58)61-52-53(51-60-54(57)48-45-42-39-36-33-30-24-21-18-15-12-9-6-3)62-56(59)50-47-44-41-38-35-32-28-26-23-20-17-14-11-8-5-2/h7,9-10,12,15-21,23-27,30-31,33-34,40,43,53H,4-6,8,11,13-14,22,28-29,32,35-39,41-42,44-52H2,1-3H3/b10-7+,12-9+,18-15+,19-16+,20-17+,24-21+,26-23+,27-25+,33-30+,34-31+,43-40+. The molecule has 0 saturated carbocycles. The van der Waals surface area contributed by atoms with E-state index >= 15 is 0 Å². The van der Waals surface area contributed by atoms with Crippen LogP contribution in [0.5, 0.6) is 0 Å². The number of esters is 3. The monoisotopic (exact) mass is 855 g/mol. The van der Waals surface area contributed by atoms with Gasteiger partial charge in [-0.25, -0.2) is 0 Å². The summed E-state index contributed by atoms with van der Waals surface area (Å²) in [6.07, 6.45) is 68.7. The maximum atomic E-state index is 12.8. The van der Waals surface area contributed by atoms with E-state index in [1.54, 1.807) is 0 Å². The van der Waals surface area contributed by atoms with Gasteiger partial charge in [0.2, 0.25) is 0 Å². The van der Waals surface area contributed by atoms with E-state index in [-0.39, 0.29) is 44.0 Å². The van der Waals surface area contributed by atoms with Gasteiger partial charge in [-0.2, -0.15) is 0 Å². The highest BCUT2D eigenvalue weighted by Gasteiger charge is 2.19. The molecular weight excluding hydrogens is 769 g/mol. The van der Waals surface area contributed by atoms with Crippen LogP contribution in [0.25, 0.3) is 0 Å². The number of rotatable bonds is 41. The molecule has 0 N–H and O–H groups in total. The third-order valence-electron chi connectivity index (χ3n) is 9.51. The van der Waals surface area contributed by atoms with Crippen LogP contribution in [-0.2, 0) is 28.6 Å². The SMILES string of the molecule is CC/C=C/C=C/C=C/C=C/CCCCCC(=O)OCC(COC(=O)CC/C=C/C/C=C/C/C=C/C/C=C/C/C=C/CC)OC(=O)CCCCCCCC/C=C/C=C/CCCCC. The van der Waals surface area contributed by atoms with E-state index in [1.807, 2.05) is 48.6 Å². The van der Waals surface area contributed by atoms with Crippen LogP contribution in [0.3, 0.4) is 0 Å². The van der Waals surface area contributed by atoms with Crippen molar-refractivity contribution >= 4 is 17.9 Å².